The fourth-order valence-electron chi connectivity index (χ4n) is 3.01. The van der Waals surface area contributed by atoms with Crippen LogP contribution in [0.25, 0.3) is 11.6 Å². The number of furan rings is 1. The zero-order chi connectivity index (χ0) is 17.8. The van der Waals surface area contributed by atoms with Crippen molar-refractivity contribution in [3.05, 3.63) is 46.7 Å². The molecule has 0 saturated carbocycles. The average molecular weight is 372 g/mol. The van der Waals surface area contributed by atoms with Gasteiger partial charge < -0.3 is 13.8 Å². The second-order valence-corrected chi connectivity index (χ2v) is 7.26. The topological polar surface area (TPSA) is 75.6 Å². The van der Waals surface area contributed by atoms with Gasteiger partial charge >= 0.3 is 0 Å². The quantitative estimate of drug-likeness (QED) is 0.662. The van der Waals surface area contributed by atoms with Crippen molar-refractivity contribution in [1.82, 2.24) is 19.9 Å². The Morgan fingerprint density at radius 2 is 2.08 bits per heavy atom. The summed E-state index contributed by atoms with van der Waals surface area (Å²) in [7, 11) is 0. The summed E-state index contributed by atoms with van der Waals surface area (Å²) in [5, 5.41) is 5.99. The molecule has 1 aliphatic rings. The molecule has 0 aliphatic carbocycles. The summed E-state index contributed by atoms with van der Waals surface area (Å²) < 4.78 is 10.4. The molecule has 1 amide bonds. The molecule has 26 heavy (non-hydrogen) atoms. The number of carbonyl (C=O) groups is 1. The van der Waals surface area contributed by atoms with Crippen LogP contribution in [0.1, 0.15) is 17.2 Å². The minimum Gasteiger partial charge on any atom is -0.461 e. The van der Waals surface area contributed by atoms with Crippen molar-refractivity contribution < 1.29 is 13.7 Å². The van der Waals surface area contributed by atoms with Gasteiger partial charge in [-0.1, -0.05) is 11.2 Å². The van der Waals surface area contributed by atoms with E-state index >= 15 is 0 Å². The molecular formula is C18H20N4O3S. The maximum atomic E-state index is 12.4. The number of amides is 1. The summed E-state index contributed by atoms with van der Waals surface area (Å²) in [6.45, 7) is 4.33. The lowest BCUT2D eigenvalue weighted by Crippen LogP contribution is -2.48. The highest BCUT2D eigenvalue weighted by atomic mass is 32.1. The van der Waals surface area contributed by atoms with E-state index in [4.69, 9.17) is 8.94 Å². The second-order valence-electron chi connectivity index (χ2n) is 6.23. The summed E-state index contributed by atoms with van der Waals surface area (Å²) in [6.07, 6.45) is 2.39. The molecule has 1 aliphatic heterocycles. The smallest absolute Gasteiger partial charge is 0.238 e. The van der Waals surface area contributed by atoms with Crippen molar-refractivity contribution in [2.45, 2.75) is 19.4 Å². The van der Waals surface area contributed by atoms with Crippen molar-refractivity contribution in [2.75, 3.05) is 26.2 Å². The predicted octanol–water partition coefficient (Wildman–Crippen LogP) is 2.67. The lowest BCUT2D eigenvalue weighted by Gasteiger charge is -2.34. The van der Waals surface area contributed by atoms with E-state index in [1.807, 2.05) is 4.90 Å². The molecule has 3 aromatic heterocycles. The van der Waals surface area contributed by atoms with E-state index in [0.717, 1.165) is 32.7 Å². The van der Waals surface area contributed by atoms with E-state index in [1.54, 1.807) is 29.7 Å². The molecule has 8 heteroatoms. The number of aryl methyl sites for hydroxylation is 1. The summed E-state index contributed by atoms with van der Waals surface area (Å²) in [5.41, 5.74) is 0. The normalized spacial score (nSPS) is 15.5. The molecule has 0 aromatic carbocycles. The van der Waals surface area contributed by atoms with Crippen LogP contribution in [-0.4, -0.2) is 52.0 Å². The van der Waals surface area contributed by atoms with Crippen molar-refractivity contribution in [3.8, 4) is 11.6 Å². The number of piperazine rings is 1. The molecule has 0 N–H and O–H groups in total. The highest BCUT2D eigenvalue weighted by molar-refractivity contribution is 7.09. The molecule has 0 unspecified atom stereocenters. The van der Waals surface area contributed by atoms with E-state index in [9.17, 15) is 4.79 Å². The van der Waals surface area contributed by atoms with E-state index in [2.05, 4.69) is 32.6 Å². The third kappa shape index (κ3) is 4.03. The number of rotatable bonds is 6. The van der Waals surface area contributed by atoms with Gasteiger partial charge in [-0.2, -0.15) is 4.98 Å². The van der Waals surface area contributed by atoms with Crippen LogP contribution in [0.5, 0.6) is 0 Å². The maximum absolute atomic E-state index is 12.4. The van der Waals surface area contributed by atoms with Gasteiger partial charge in [-0.05, 0) is 23.6 Å². The molecule has 0 bridgehead atoms. The Kier molecular flexibility index (Phi) is 5.12. The van der Waals surface area contributed by atoms with Gasteiger partial charge in [-0.25, -0.2) is 0 Å². The van der Waals surface area contributed by atoms with Crippen LogP contribution in [0, 0.1) is 0 Å². The first-order valence-electron chi connectivity index (χ1n) is 8.67. The van der Waals surface area contributed by atoms with Crippen LogP contribution in [0.2, 0.25) is 0 Å². The maximum Gasteiger partial charge on any atom is 0.238 e. The van der Waals surface area contributed by atoms with Crippen molar-refractivity contribution in [3.63, 3.8) is 0 Å². The SMILES string of the molecule is O=C(CCc1nc(-c2ccco2)no1)N1CCN(Cc2cccs2)CC1. The van der Waals surface area contributed by atoms with Crippen LogP contribution in [0.4, 0.5) is 0 Å². The Bertz CT molecular complexity index is 821. The monoisotopic (exact) mass is 372 g/mol. The van der Waals surface area contributed by atoms with Gasteiger partial charge in [-0.3, -0.25) is 9.69 Å². The zero-order valence-electron chi connectivity index (χ0n) is 14.3. The van der Waals surface area contributed by atoms with Gasteiger partial charge in [0.25, 0.3) is 0 Å². The van der Waals surface area contributed by atoms with E-state index < -0.39 is 0 Å². The van der Waals surface area contributed by atoms with Crippen LogP contribution < -0.4 is 0 Å². The molecule has 7 nitrogen and oxygen atoms in total. The van der Waals surface area contributed by atoms with Crippen molar-refractivity contribution >= 4 is 17.2 Å². The van der Waals surface area contributed by atoms with Crippen molar-refractivity contribution in [2.24, 2.45) is 0 Å². The highest BCUT2D eigenvalue weighted by Gasteiger charge is 2.22. The van der Waals surface area contributed by atoms with Gasteiger partial charge in [-0.15, -0.1) is 11.3 Å². The Morgan fingerprint density at radius 1 is 1.19 bits per heavy atom. The number of carbonyl (C=O) groups excluding carboxylic acids is 1. The lowest BCUT2D eigenvalue weighted by atomic mass is 10.2. The van der Waals surface area contributed by atoms with Crippen LogP contribution in [0.3, 0.4) is 0 Å². The van der Waals surface area contributed by atoms with E-state index in [0.29, 0.717) is 30.3 Å². The minimum absolute atomic E-state index is 0.138. The number of nitrogens with zero attached hydrogens (tertiary/aromatic N) is 4. The van der Waals surface area contributed by atoms with Gasteiger partial charge in [0.05, 0.1) is 6.26 Å². The van der Waals surface area contributed by atoms with E-state index in [1.165, 1.54) is 4.88 Å². The third-order valence-corrected chi connectivity index (χ3v) is 5.31. The van der Waals surface area contributed by atoms with Crippen molar-refractivity contribution in [1.29, 1.82) is 0 Å². The first-order valence-corrected chi connectivity index (χ1v) is 9.55. The van der Waals surface area contributed by atoms with Crippen LogP contribution in [-0.2, 0) is 17.8 Å². The molecule has 4 heterocycles. The number of hydrogen-bond acceptors (Lipinski definition) is 7. The minimum atomic E-state index is 0.138. The summed E-state index contributed by atoms with van der Waals surface area (Å²) >= 11 is 1.78. The van der Waals surface area contributed by atoms with Crippen LogP contribution >= 0.6 is 11.3 Å². The lowest BCUT2D eigenvalue weighted by molar-refractivity contribution is -0.133. The van der Waals surface area contributed by atoms with Gasteiger partial charge in [0, 0.05) is 50.4 Å². The molecule has 136 valence electrons. The highest BCUT2D eigenvalue weighted by Crippen LogP contribution is 2.17. The number of hydrogen-bond donors (Lipinski definition) is 0. The predicted molar refractivity (Wildman–Crippen MR) is 96.5 cm³/mol. The first kappa shape index (κ1) is 17.0. The van der Waals surface area contributed by atoms with Gasteiger partial charge in [0.15, 0.2) is 5.76 Å². The summed E-state index contributed by atoms with van der Waals surface area (Å²) in [5.74, 6) is 1.58. The molecule has 0 spiro atoms. The van der Waals surface area contributed by atoms with E-state index in [-0.39, 0.29) is 5.91 Å². The molecule has 1 saturated heterocycles. The average Bonchev–Trinajstić information content (AvgIpc) is 3.41. The van der Waals surface area contributed by atoms with Crippen LogP contribution in [0.15, 0.2) is 44.8 Å². The fourth-order valence-corrected chi connectivity index (χ4v) is 3.76. The molecule has 4 rings (SSSR count). The molecule has 0 atom stereocenters. The largest absolute Gasteiger partial charge is 0.461 e. The third-order valence-electron chi connectivity index (χ3n) is 4.45. The van der Waals surface area contributed by atoms with Gasteiger partial charge in [0.1, 0.15) is 0 Å². The summed E-state index contributed by atoms with van der Waals surface area (Å²) in [6, 6.07) is 7.78. The van der Waals surface area contributed by atoms with Gasteiger partial charge in [0.2, 0.25) is 17.6 Å². The Labute approximate surface area is 155 Å². The molecule has 0 radical (unpaired) electrons. The second kappa shape index (κ2) is 7.84. The molecule has 3 aromatic rings. The Balaban J connectivity index is 1.23. The molecular weight excluding hydrogens is 352 g/mol. The number of aromatic nitrogens is 2. The fraction of sp³-hybridized carbons (Fsp3) is 0.389. The Morgan fingerprint density at radius 3 is 2.81 bits per heavy atom. The standard InChI is InChI=1S/C18H20N4O3S/c23-17(6-5-16-19-18(20-25-16)15-4-1-11-24-15)22-9-7-21(8-10-22)13-14-3-2-12-26-14/h1-4,11-12H,5-10,13H2. The zero-order valence-corrected chi connectivity index (χ0v) is 15.2. The first-order chi connectivity index (χ1) is 12.8. The summed E-state index contributed by atoms with van der Waals surface area (Å²) in [4.78, 5) is 22.4. The number of thiophene rings is 1. The molecule has 1 fully saturated rings. The Hall–Kier alpha value is -2.45.